The highest BCUT2D eigenvalue weighted by molar-refractivity contribution is 7.13. The van der Waals surface area contributed by atoms with Crippen LogP contribution in [0.1, 0.15) is 20.8 Å². The van der Waals surface area contributed by atoms with Crippen molar-refractivity contribution in [2.24, 2.45) is 0 Å². The fourth-order valence-corrected chi connectivity index (χ4v) is 3.54. The summed E-state index contributed by atoms with van der Waals surface area (Å²) >= 11 is 1.34. The van der Waals surface area contributed by atoms with Gasteiger partial charge in [-0.25, -0.2) is 9.97 Å². The predicted molar refractivity (Wildman–Crippen MR) is 108 cm³/mol. The van der Waals surface area contributed by atoms with Gasteiger partial charge in [0.2, 0.25) is 5.88 Å². The Hall–Kier alpha value is -3.30. The SMILES string of the molecule is O=C1Nc2ccccc2C(=O)NCCOCCOc2cc(ccn2)-c2nc1cs2. The van der Waals surface area contributed by atoms with Crippen LogP contribution in [0.3, 0.4) is 0 Å². The van der Waals surface area contributed by atoms with E-state index in [-0.39, 0.29) is 17.5 Å². The fourth-order valence-electron chi connectivity index (χ4n) is 2.75. The normalized spacial score (nSPS) is 15.2. The van der Waals surface area contributed by atoms with Crippen LogP contribution in [0.15, 0.2) is 48.0 Å². The number of anilines is 1. The van der Waals surface area contributed by atoms with Crippen LogP contribution < -0.4 is 15.4 Å². The molecule has 148 valence electrons. The summed E-state index contributed by atoms with van der Waals surface area (Å²) in [5.74, 6) is -0.224. The summed E-state index contributed by atoms with van der Waals surface area (Å²) in [5.41, 5.74) is 1.88. The first-order valence-corrected chi connectivity index (χ1v) is 9.90. The van der Waals surface area contributed by atoms with E-state index in [0.717, 1.165) is 5.56 Å². The van der Waals surface area contributed by atoms with Crippen molar-refractivity contribution in [2.45, 2.75) is 0 Å². The molecule has 2 amide bonds. The van der Waals surface area contributed by atoms with E-state index in [4.69, 9.17) is 9.47 Å². The molecule has 0 unspecified atom stereocenters. The van der Waals surface area contributed by atoms with Crippen molar-refractivity contribution in [3.8, 4) is 16.5 Å². The maximum Gasteiger partial charge on any atom is 0.275 e. The maximum atomic E-state index is 12.7. The van der Waals surface area contributed by atoms with E-state index in [1.54, 1.807) is 41.9 Å². The van der Waals surface area contributed by atoms with Gasteiger partial charge in [0.25, 0.3) is 11.8 Å². The Balaban J connectivity index is 1.64. The van der Waals surface area contributed by atoms with Crippen LogP contribution >= 0.6 is 11.3 Å². The Kier molecular flexibility index (Phi) is 5.78. The number of hydrogen-bond acceptors (Lipinski definition) is 7. The van der Waals surface area contributed by atoms with E-state index in [1.807, 2.05) is 6.07 Å². The van der Waals surface area contributed by atoms with Gasteiger partial charge in [-0.2, -0.15) is 0 Å². The summed E-state index contributed by atoms with van der Waals surface area (Å²) < 4.78 is 11.1. The monoisotopic (exact) mass is 410 g/mol. The van der Waals surface area contributed by atoms with Crippen LogP contribution in [-0.2, 0) is 4.74 Å². The number of pyridine rings is 1. The van der Waals surface area contributed by atoms with E-state index in [9.17, 15) is 9.59 Å². The number of fused-ring (bicyclic) bond motifs is 6. The molecular formula is C20H18N4O4S. The van der Waals surface area contributed by atoms with Crippen LogP contribution in [0, 0.1) is 0 Å². The van der Waals surface area contributed by atoms with Gasteiger partial charge in [-0.1, -0.05) is 12.1 Å². The van der Waals surface area contributed by atoms with Gasteiger partial charge in [-0.15, -0.1) is 11.3 Å². The molecule has 29 heavy (non-hydrogen) atoms. The summed E-state index contributed by atoms with van der Waals surface area (Å²) in [7, 11) is 0. The molecule has 2 N–H and O–H groups in total. The number of para-hydroxylation sites is 1. The van der Waals surface area contributed by atoms with Gasteiger partial charge in [0.1, 0.15) is 17.3 Å². The van der Waals surface area contributed by atoms with Crippen molar-refractivity contribution < 1.29 is 19.1 Å². The van der Waals surface area contributed by atoms with Crippen LogP contribution in [0.2, 0.25) is 0 Å². The lowest BCUT2D eigenvalue weighted by molar-refractivity contribution is 0.0863. The van der Waals surface area contributed by atoms with Gasteiger partial charge < -0.3 is 20.1 Å². The number of benzene rings is 1. The first kappa shape index (κ1) is 19.0. The third-order valence-electron chi connectivity index (χ3n) is 4.15. The quantitative estimate of drug-likeness (QED) is 0.591. The van der Waals surface area contributed by atoms with Gasteiger partial charge in [-0.05, 0) is 18.2 Å². The predicted octanol–water partition coefficient (Wildman–Crippen LogP) is 2.60. The van der Waals surface area contributed by atoms with Gasteiger partial charge in [0.15, 0.2) is 0 Å². The number of carbonyl (C=O) groups excluding carboxylic acids is 2. The molecule has 1 aliphatic rings. The zero-order valence-electron chi connectivity index (χ0n) is 15.4. The molecule has 0 atom stereocenters. The van der Waals surface area contributed by atoms with E-state index >= 15 is 0 Å². The Morgan fingerprint density at radius 1 is 1.03 bits per heavy atom. The third-order valence-corrected chi connectivity index (χ3v) is 5.04. The molecule has 2 aromatic heterocycles. The Labute approximate surface area is 170 Å². The first-order chi connectivity index (χ1) is 14.2. The number of nitrogens with one attached hydrogen (secondary N) is 2. The number of thiazole rings is 1. The topological polar surface area (TPSA) is 102 Å². The third kappa shape index (κ3) is 4.58. The molecule has 0 saturated heterocycles. The second kappa shape index (κ2) is 8.80. The summed E-state index contributed by atoms with van der Waals surface area (Å²) in [6, 6.07) is 10.4. The van der Waals surface area contributed by atoms with E-state index in [2.05, 4.69) is 20.6 Å². The number of carbonyl (C=O) groups is 2. The molecule has 0 saturated carbocycles. The van der Waals surface area contributed by atoms with Gasteiger partial charge >= 0.3 is 0 Å². The number of ether oxygens (including phenoxy) is 2. The first-order valence-electron chi connectivity index (χ1n) is 9.02. The van der Waals surface area contributed by atoms with Gasteiger partial charge in [-0.3, -0.25) is 9.59 Å². The fraction of sp³-hybridized carbons (Fsp3) is 0.200. The van der Waals surface area contributed by atoms with E-state index < -0.39 is 0 Å². The zero-order chi connectivity index (χ0) is 20.1. The summed E-state index contributed by atoms with van der Waals surface area (Å²) in [5, 5.41) is 7.90. The number of nitrogens with zero attached hydrogens (tertiary/aromatic N) is 2. The molecule has 1 aromatic carbocycles. The van der Waals surface area contributed by atoms with Crippen LogP contribution in [-0.4, -0.2) is 48.1 Å². The lowest BCUT2D eigenvalue weighted by atomic mass is 10.1. The Bertz CT molecular complexity index is 1040. The lowest BCUT2D eigenvalue weighted by Gasteiger charge is -2.11. The van der Waals surface area contributed by atoms with Crippen LogP contribution in [0.4, 0.5) is 5.69 Å². The van der Waals surface area contributed by atoms with Crippen molar-refractivity contribution in [1.29, 1.82) is 0 Å². The lowest BCUT2D eigenvalue weighted by Crippen LogP contribution is -2.29. The molecular weight excluding hydrogens is 392 g/mol. The number of hydrogen-bond donors (Lipinski definition) is 2. The average Bonchev–Trinajstić information content (AvgIpc) is 3.23. The smallest absolute Gasteiger partial charge is 0.275 e. The maximum absolute atomic E-state index is 12.7. The van der Waals surface area contributed by atoms with Crippen molar-refractivity contribution in [1.82, 2.24) is 15.3 Å². The molecule has 4 bridgehead atoms. The molecule has 0 aliphatic carbocycles. The largest absolute Gasteiger partial charge is 0.475 e. The minimum Gasteiger partial charge on any atom is -0.475 e. The van der Waals surface area contributed by atoms with Crippen molar-refractivity contribution in [2.75, 3.05) is 31.7 Å². The Morgan fingerprint density at radius 3 is 2.86 bits per heavy atom. The highest BCUT2D eigenvalue weighted by Gasteiger charge is 2.17. The standard InChI is InChI=1S/C20H18N4O4S/c25-18-14-3-1-2-4-15(14)23-19(26)16-12-29-20(24-16)13-5-6-21-17(11-13)28-10-9-27-8-7-22-18/h1-6,11-12H,7-10H2,(H,22,25)(H,23,26). The highest BCUT2D eigenvalue weighted by atomic mass is 32.1. The number of rotatable bonds is 0. The van der Waals surface area contributed by atoms with Crippen molar-refractivity contribution in [3.63, 3.8) is 0 Å². The minimum atomic E-state index is -0.386. The van der Waals surface area contributed by atoms with Gasteiger partial charge in [0.05, 0.1) is 24.5 Å². The molecule has 4 rings (SSSR count). The molecule has 3 aromatic rings. The van der Waals surface area contributed by atoms with E-state index in [1.165, 1.54) is 11.3 Å². The Morgan fingerprint density at radius 2 is 1.93 bits per heavy atom. The molecule has 0 radical (unpaired) electrons. The van der Waals surface area contributed by atoms with Crippen LogP contribution in [0.25, 0.3) is 10.6 Å². The second-order valence-corrected chi connectivity index (χ2v) is 7.00. The second-order valence-electron chi connectivity index (χ2n) is 6.14. The summed E-state index contributed by atoms with van der Waals surface area (Å²) in [4.78, 5) is 33.7. The molecule has 0 fully saturated rings. The average molecular weight is 410 g/mol. The van der Waals surface area contributed by atoms with Crippen molar-refractivity contribution in [3.05, 3.63) is 59.2 Å². The minimum absolute atomic E-state index is 0.272. The summed E-state index contributed by atoms with van der Waals surface area (Å²) in [6.45, 7) is 1.39. The zero-order valence-corrected chi connectivity index (χ0v) is 16.2. The molecule has 3 heterocycles. The van der Waals surface area contributed by atoms with Gasteiger partial charge in [0, 0.05) is 29.8 Å². The molecule has 8 nitrogen and oxygen atoms in total. The van der Waals surface area contributed by atoms with Crippen LogP contribution in [0.5, 0.6) is 5.88 Å². The summed E-state index contributed by atoms with van der Waals surface area (Å²) in [6.07, 6.45) is 1.64. The molecule has 1 aliphatic heterocycles. The number of aromatic nitrogens is 2. The number of amides is 2. The molecule has 9 heteroatoms. The molecule has 0 spiro atoms. The highest BCUT2D eigenvalue weighted by Crippen LogP contribution is 2.26. The van der Waals surface area contributed by atoms with E-state index in [0.29, 0.717) is 48.5 Å². The van der Waals surface area contributed by atoms with Crippen molar-refractivity contribution >= 4 is 28.8 Å².